The summed E-state index contributed by atoms with van der Waals surface area (Å²) in [7, 11) is 7.85. The Kier molecular flexibility index (Phi) is 5.97. The van der Waals surface area contributed by atoms with E-state index in [0.717, 1.165) is 9.13 Å². The van der Waals surface area contributed by atoms with E-state index in [1.54, 1.807) is 35.5 Å². The van der Waals surface area contributed by atoms with Crippen LogP contribution in [0.25, 0.3) is 0 Å². The first-order valence-corrected chi connectivity index (χ1v) is 6.26. The fourth-order valence-corrected chi connectivity index (χ4v) is 2.48. The maximum atomic E-state index is 5.41. The first-order chi connectivity index (χ1) is 8.64. The van der Waals surface area contributed by atoms with Gasteiger partial charge in [-0.05, 0) is 28.7 Å². The van der Waals surface area contributed by atoms with Gasteiger partial charge in [-0.1, -0.05) is 0 Å². The average molecular weight is 368 g/mol. The quantitative estimate of drug-likeness (QED) is 0.571. The highest BCUT2D eigenvalue weighted by atomic mass is 127. The highest BCUT2D eigenvalue weighted by molar-refractivity contribution is 14.1. The molecule has 0 aliphatic heterocycles. The lowest BCUT2D eigenvalue weighted by Gasteiger charge is -2.21. The molecule has 0 aliphatic carbocycles. The molecule has 0 N–H and O–H groups in total. The highest BCUT2D eigenvalue weighted by Gasteiger charge is 2.25. The van der Waals surface area contributed by atoms with Crippen molar-refractivity contribution in [2.75, 3.05) is 35.5 Å². The van der Waals surface area contributed by atoms with Crippen molar-refractivity contribution in [3.05, 3.63) is 15.2 Å². The van der Waals surface area contributed by atoms with Gasteiger partial charge in [0.2, 0.25) is 5.75 Å². The Morgan fingerprint density at radius 3 is 1.83 bits per heavy atom. The summed E-state index contributed by atoms with van der Waals surface area (Å²) < 4.78 is 27.5. The molecule has 0 spiro atoms. The van der Waals surface area contributed by atoms with E-state index in [-0.39, 0.29) is 0 Å². The molecule has 0 unspecified atom stereocenters. The predicted octanol–water partition coefficient (Wildman–Crippen LogP) is 2.61. The highest BCUT2D eigenvalue weighted by Crippen LogP contribution is 2.45. The second kappa shape index (κ2) is 7.01. The first kappa shape index (κ1) is 15.3. The molecule has 0 radical (unpaired) electrons. The Morgan fingerprint density at radius 2 is 1.44 bits per heavy atom. The van der Waals surface area contributed by atoms with Crippen molar-refractivity contribution in [2.45, 2.75) is 6.29 Å². The van der Waals surface area contributed by atoms with Crippen LogP contribution in [0.15, 0.2) is 6.07 Å². The molecule has 0 saturated heterocycles. The smallest absolute Gasteiger partial charge is 0.203 e. The van der Waals surface area contributed by atoms with Gasteiger partial charge >= 0.3 is 0 Å². The molecule has 6 heteroatoms. The molecule has 1 aromatic rings. The van der Waals surface area contributed by atoms with Crippen LogP contribution in [0, 0.1) is 3.57 Å². The third-order valence-electron chi connectivity index (χ3n) is 2.48. The van der Waals surface area contributed by atoms with Crippen LogP contribution in [-0.4, -0.2) is 35.5 Å². The van der Waals surface area contributed by atoms with Crippen molar-refractivity contribution >= 4 is 22.6 Å². The van der Waals surface area contributed by atoms with E-state index >= 15 is 0 Å². The molecular weight excluding hydrogens is 351 g/mol. The van der Waals surface area contributed by atoms with Crippen LogP contribution in [0.5, 0.6) is 17.2 Å². The molecule has 0 amide bonds. The van der Waals surface area contributed by atoms with E-state index in [1.165, 1.54) is 0 Å². The van der Waals surface area contributed by atoms with Crippen molar-refractivity contribution in [1.82, 2.24) is 0 Å². The van der Waals surface area contributed by atoms with Crippen LogP contribution in [0.1, 0.15) is 11.9 Å². The van der Waals surface area contributed by atoms with Gasteiger partial charge in [0.25, 0.3) is 0 Å². The standard InChI is InChI=1S/C12H17IO5/c1-14-8-6-7(13)9(12(17-4)18-5)11(16-3)10(8)15-2/h6,12H,1-5H3. The van der Waals surface area contributed by atoms with Crippen molar-refractivity contribution in [3.63, 3.8) is 0 Å². The summed E-state index contributed by atoms with van der Waals surface area (Å²) in [6, 6.07) is 1.85. The van der Waals surface area contributed by atoms with Crippen LogP contribution in [-0.2, 0) is 9.47 Å². The minimum Gasteiger partial charge on any atom is -0.493 e. The number of hydrogen-bond donors (Lipinski definition) is 0. The van der Waals surface area contributed by atoms with Crippen molar-refractivity contribution < 1.29 is 23.7 Å². The molecular formula is C12H17IO5. The number of hydrogen-bond acceptors (Lipinski definition) is 5. The van der Waals surface area contributed by atoms with Crippen LogP contribution in [0.3, 0.4) is 0 Å². The van der Waals surface area contributed by atoms with Gasteiger partial charge in [-0.25, -0.2) is 0 Å². The Hall–Kier alpha value is -0.730. The van der Waals surface area contributed by atoms with E-state index in [2.05, 4.69) is 22.6 Å². The van der Waals surface area contributed by atoms with Gasteiger partial charge in [0.05, 0.1) is 26.9 Å². The normalized spacial score (nSPS) is 10.6. The topological polar surface area (TPSA) is 46.2 Å². The SMILES string of the molecule is COc1cc(I)c(C(OC)OC)c(OC)c1OC. The maximum Gasteiger partial charge on any atom is 0.203 e. The number of benzene rings is 1. The summed E-state index contributed by atoms with van der Waals surface area (Å²) >= 11 is 2.18. The van der Waals surface area contributed by atoms with Crippen LogP contribution in [0.4, 0.5) is 0 Å². The molecule has 0 fully saturated rings. The second-order valence-corrected chi connectivity index (χ2v) is 4.51. The largest absolute Gasteiger partial charge is 0.493 e. The van der Waals surface area contributed by atoms with E-state index < -0.39 is 6.29 Å². The fourth-order valence-electron chi connectivity index (χ4n) is 1.70. The number of halogens is 1. The Balaban J connectivity index is 3.49. The zero-order valence-electron chi connectivity index (χ0n) is 11.1. The van der Waals surface area contributed by atoms with Gasteiger partial charge in [-0.3, -0.25) is 0 Å². The first-order valence-electron chi connectivity index (χ1n) is 5.18. The molecule has 18 heavy (non-hydrogen) atoms. The van der Waals surface area contributed by atoms with E-state index in [0.29, 0.717) is 17.2 Å². The van der Waals surface area contributed by atoms with Gasteiger partial charge in [0.1, 0.15) is 0 Å². The van der Waals surface area contributed by atoms with E-state index in [9.17, 15) is 0 Å². The second-order valence-electron chi connectivity index (χ2n) is 3.34. The maximum absolute atomic E-state index is 5.41. The van der Waals surface area contributed by atoms with Gasteiger partial charge in [-0.2, -0.15) is 0 Å². The summed E-state index contributed by atoms with van der Waals surface area (Å²) in [5.41, 5.74) is 0.778. The minimum atomic E-state index is -0.522. The predicted molar refractivity (Wildman–Crippen MR) is 75.6 cm³/mol. The minimum absolute atomic E-state index is 0.522. The lowest BCUT2D eigenvalue weighted by molar-refractivity contribution is -0.107. The molecule has 1 rings (SSSR count). The molecule has 102 valence electrons. The Bertz CT molecular complexity index is 404. The fraction of sp³-hybridized carbons (Fsp3) is 0.500. The van der Waals surface area contributed by atoms with Crippen LogP contribution in [0.2, 0.25) is 0 Å². The van der Waals surface area contributed by atoms with Crippen molar-refractivity contribution in [1.29, 1.82) is 0 Å². The van der Waals surface area contributed by atoms with Crippen molar-refractivity contribution in [3.8, 4) is 17.2 Å². The Labute approximate surface area is 120 Å². The lowest BCUT2D eigenvalue weighted by atomic mass is 10.1. The Morgan fingerprint density at radius 1 is 0.889 bits per heavy atom. The summed E-state index contributed by atoms with van der Waals surface area (Å²) in [5.74, 6) is 1.68. The number of rotatable bonds is 6. The van der Waals surface area contributed by atoms with Crippen molar-refractivity contribution in [2.24, 2.45) is 0 Å². The summed E-state index contributed by atoms with van der Waals surface area (Å²) in [6.45, 7) is 0. The number of ether oxygens (including phenoxy) is 5. The molecule has 0 saturated carbocycles. The molecule has 1 aromatic carbocycles. The molecule has 0 heterocycles. The van der Waals surface area contributed by atoms with E-state index in [4.69, 9.17) is 23.7 Å². The lowest BCUT2D eigenvalue weighted by Crippen LogP contribution is -2.09. The molecule has 5 nitrogen and oxygen atoms in total. The monoisotopic (exact) mass is 368 g/mol. The van der Waals surface area contributed by atoms with E-state index in [1.807, 2.05) is 6.07 Å². The molecule has 0 aliphatic rings. The van der Waals surface area contributed by atoms with Crippen LogP contribution >= 0.6 is 22.6 Å². The zero-order chi connectivity index (χ0) is 13.7. The van der Waals surface area contributed by atoms with Gasteiger partial charge < -0.3 is 23.7 Å². The molecule has 0 atom stereocenters. The molecule has 0 aromatic heterocycles. The van der Waals surface area contributed by atoms with Gasteiger partial charge in [0, 0.05) is 17.8 Å². The summed E-state index contributed by atoms with van der Waals surface area (Å²) in [4.78, 5) is 0. The number of methoxy groups -OCH3 is 5. The summed E-state index contributed by atoms with van der Waals surface area (Å²) in [5, 5.41) is 0. The van der Waals surface area contributed by atoms with Gasteiger partial charge in [-0.15, -0.1) is 0 Å². The average Bonchev–Trinajstić information content (AvgIpc) is 2.40. The summed E-state index contributed by atoms with van der Waals surface area (Å²) in [6.07, 6.45) is -0.522. The third kappa shape index (κ3) is 2.81. The molecule has 0 bridgehead atoms. The van der Waals surface area contributed by atoms with Crippen LogP contribution < -0.4 is 14.2 Å². The zero-order valence-corrected chi connectivity index (χ0v) is 13.2. The van der Waals surface area contributed by atoms with Gasteiger partial charge in [0.15, 0.2) is 17.8 Å². The third-order valence-corrected chi connectivity index (χ3v) is 3.37.